The molecule has 0 aliphatic carbocycles. The van der Waals surface area contributed by atoms with Gasteiger partial charge in [0.15, 0.2) is 0 Å². The number of nitrogens with zero attached hydrogens (tertiary/aromatic N) is 2. The van der Waals surface area contributed by atoms with Crippen LogP contribution in [-0.4, -0.2) is 0 Å². The van der Waals surface area contributed by atoms with Gasteiger partial charge in [-0.15, -0.1) is 0 Å². The molecule has 2 heteroatoms. The molecule has 0 N–H and O–H groups in total. The number of hydrogen-bond acceptors (Lipinski definition) is 2. The van der Waals surface area contributed by atoms with Gasteiger partial charge in [-0.1, -0.05) is 235 Å². The fourth-order valence-corrected chi connectivity index (χ4v) is 13.8. The summed E-state index contributed by atoms with van der Waals surface area (Å²) in [5.74, 6) is 0. The van der Waals surface area contributed by atoms with E-state index in [-0.39, 0.29) is 10.8 Å². The van der Waals surface area contributed by atoms with Crippen molar-refractivity contribution in [2.45, 2.75) is 33.1 Å². The van der Waals surface area contributed by atoms with Gasteiger partial charge in [0.05, 0.1) is 11.4 Å². The molecule has 0 amide bonds. The standard InChI is InChI=1S/C76H56N2/c1-7-9-21-53-46-77(56(22-10-8-2)45-75(53,3)4)54-35-41-61-63(43-54)73(59-39-33-51-29-27-47-17-15-19-49-31-37-57(59)71(51)69(47)49)62-42-36-55(78-67-25-13-11-23-65(67)76(5,6)66-24-12-14-26-68(66)78)44-64(62)74(61)60-40-34-52-30-28-48-18-16-20-50-32-38-58(60)72(52)70(48)50/h7-46H,1-2H2,3-6H3/b21-9-,22-10-. The van der Waals surface area contributed by atoms with Gasteiger partial charge in [-0.05, 0) is 168 Å². The molecule has 15 rings (SSSR count). The fourth-order valence-electron chi connectivity index (χ4n) is 13.8. The van der Waals surface area contributed by atoms with E-state index in [9.17, 15) is 0 Å². The van der Waals surface area contributed by atoms with Gasteiger partial charge in [0.2, 0.25) is 0 Å². The van der Waals surface area contributed by atoms with E-state index in [1.54, 1.807) is 0 Å². The molecule has 0 saturated carbocycles. The van der Waals surface area contributed by atoms with Gasteiger partial charge in [-0.3, -0.25) is 0 Å². The normalized spacial score (nSPS) is 15.2. The van der Waals surface area contributed by atoms with Crippen LogP contribution in [0.5, 0.6) is 0 Å². The highest BCUT2D eigenvalue weighted by Gasteiger charge is 2.37. The predicted molar refractivity (Wildman–Crippen MR) is 338 cm³/mol. The van der Waals surface area contributed by atoms with Crippen molar-refractivity contribution in [3.8, 4) is 22.3 Å². The number of fused-ring (bicyclic) bond motifs is 4. The van der Waals surface area contributed by atoms with E-state index in [4.69, 9.17) is 0 Å². The molecule has 370 valence electrons. The smallest absolute Gasteiger partial charge is 0.0502 e. The van der Waals surface area contributed by atoms with Crippen LogP contribution in [0.3, 0.4) is 0 Å². The van der Waals surface area contributed by atoms with Crippen LogP contribution in [-0.2, 0) is 5.41 Å². The van der Waals surface area contributed by atoms with Gasteiger partial charge in [0.1, 0.15) is 0 Å². The minimum absolute atomic E-state index is 0.192. The molecule has 13 aromatic carbocycles. The Balaban J connectivity index is 1.11. The first-order valence-electron chi connectivity index (χ1n) is 27.3. The highest BCUT2D eigenvalue weighted by atomic mass is 15.2. The molecule has 2 heterocycles. The van der Waals surface area contributed by atoms with Crippen molar-refractivity contribution in [1.29, 1.82) is 0 Å². The Morgan fingerprint density at radius 2 is 0.833 bits per heavy atom. The maximum atomic E-state index is 4.08. The summed E-state index contributed by atoms with van der Waals surface area (Å²) >= 11 is 0. The van der Waals surface area contributed by atoms with Gasteiger partial charge in [-0.25, -0.2) is 0 Å². The number of allylic oxidation sites excluding steroid dienone is 8. The van der Waals surface area contributed by atoms with Crippen molar-refractivity contribution < 1.29 is 0 Å². The van der Waals surface area contributed by atoms with Crippen LogP contribution in [0.15, 0.2) is 267 Å². The monoisotopic (exact) mass is 996 g/mol. The number of anilines is 4. The lowest BCUT2D eigenvalue weighted by Crippen LogP contribution is -2.30. The molecule has 0 radical (unpaired) electrons. The van der Waals surface area contributed by atoms with Crippen LogP contribution < -0.4 is 9.80 Å². The third-order valence-corrected chi connectivity index (χ3v) is 17.5. The van der Waals surface area contributed by atoms with Gasteiger partial charge < -0.3 is 9.80 Å². The molecule has 0 aromatic heterocycles. The van der Waals surface area contributed by atoms with E-state index in [0.29, 0.717) is 0 Å². The van der Waals surface area contributed by atoms with E-state index < -0.39 is 0 Å². The quantitative estimate of drug-likeness (QED) is 0.0850. The molecular weight excluding hydrogens is 941 g/mol. The lowest BCUT2D eigenvalue weighted by molar-refractivity contribution is 0.579. The van der Waals surface area contributed by atoms with Crippen molar-refractivity contribution >= 4 is 109 Å². The van der Waals surface area contributed by atoms with Crippen LogP contribution in [0, 0.1) is 5.41 Å². The maximum Gasteiger partial charge on any atom is 0.0502 e. The van der Waals surface area contributed by atoms with Crippen LogP contribution >= 0.6 is 0 Å². The molecular formula is C76H56N2. The Bertz CT molecular complexity index is 4760. The first kappa shape index (κ1) is 45.9. The van der Waals surface area contributed by atoms with Gasteiger partial charge in [-0.2, -0.15) is 0 Å². The van der Waals surface area contributed by atoms with Crippen molar-refractivity contribution in [2.24, 2.45) is 5.41 Å². The first-order valence-corrected chi connectivity index (χ1v) is 27.3. The summed E-state index contributed by atoms with van der Waals surface area (Å²) in [5, 5.41) is 20.0. The Hall–Kier alpha value is -9.50. The summed E-state index contributed by atoms with van der Waals surface area (Å²) in [6, 6.07) is 74.0. The van der Waals surface area contributed by atoms with Crippen molar-refractivity contribution in [3.63, 3.8) is 0 Å². The predicted octanol–water partition coefficient (Wildman–Crippen LogP) is 21.3. The number of benzene rings is 13. The Morgan fingerprint density at radius 1 is 0.397 bits per heavy atom. The zero-order valence-electron chi connectivity index (χ0n) is 44.4. The van der Waals surface area contributed by atoms with Crippen molar-refractivity contribution in [1.82, 2.24) is 0 Å². The minimum Gasteiger partial charge on any atom is -0.317 e. The van der Waals surface area contributed by atoms with Gasteiger partial charge >= 0.3 is 0 Å². The highest BCUT2D eigenvalue weighted by molar-refractivity contribution is 6.32. The van der Waals surface area contributed by atoms with E-state index in [1.165, 1.54) is 137 Å². The molecule has 0 atom stereocenters. The van der Waals surface area contributed by atoms with E-state index in [2.05, 4.69) is 269 Å². The number of rotatable bonds is 8. The molecule has 0 saturated heterocycles. The molecule has 0 spiro atoms. The van der Waals surface area contributed by atoms with Crippen molar-refractivity contribution in [2.75, 3.05) is 9.80 Å². The largest absolute Gasteiger partial charge is 0.317 e. The lowest BCUT2D eigenvalue weighted by atomic mass is 9.73. The molecule has 2 aliphatic heterocycles. The second-order valence-electron chi connectivity index (χ2n) is 22.6. The summed E-state index contributed by atoms with van der Waals surface area (Å²) < 4.78 is 0. The second kappa shape index (κ2) is 17.0. The second-order valence-corrected chi connectivity index (χ2v) is 22.6. The first-order chi connectivity index (χ1) is 38.1. The average molecular weight is 997 g/mol. The molecule has 0 unspecified atom stereocenters. The van der Waals surface area contributed by atoms with Gasteiger partial charge in [0.25, 0.3) is 0 Å². The Kier molecular flexibility index (Phi) is 10.00. The Morgan fingerprint density at radius 3 is 1.36 bits per heavy atom. The molecule has 78 heavy (non-hydrogen) atoms. The third-order valence-electron chi connectivity index (χ3n) is 17.5. The maximum absolute atomic E-state index is 4.08. The molecule has 0 bridgehead atoms. The minimum atomic E-state index is -0.234. The zero-order valence-corrected chi connectivity index (χ0v) is 44.4. The zero-order chi connectivity index (χ0) is 52.6. The molecule has 0 fully saturated rings. The lowest BCUT2D eigenvalue weighted by Gasteiger charge is -2.42. The Labute approximate surface area is 455 Å². The highest BCUT2D eigenvalue weighted by Crippen LogP contribution is 2.55. The van der Waals surface area contributed by atoms with Crippen LogP contribution in [0.1, 0.15) is 38.8 Å². The summed E-state index contributed by atoms with van der Waals surface area (Å²) in [4.78, 5) is 4.87. The topological polar surface area (TPSA) is 6.48 Å². The van der Waals surface area contributed by atoms with Crippen LogP contribution in [0.25, 0.3) is 108 Å². The summed E-state index contributed by atoms with van der Waals surface area (Å²) in [5.41, 5.74) is 13.9. The summed E-state index contributed by atoms with van der Waals surface area (Å²) in [7, 11) is 0. The van der Waals surface area contributed by atoms with Crippen LogP contribution in [0.4, 0.5) is 22.7 Å². The SMILES string of the molecule is C=C/C=C\C1=CC(C)(C)C(/C=C\C=C)=CN1c1ccc2c(-c3ccc4ccc5cccc6ccc3c4c56)c3cc(N4c5ccccc5C(C)(C)c5ccccc54)ccc3c(-c3ccc4ccc5cccc6ccc3c4c56)c2c1. The molecule has 2 aliphatic rings. The number of para-hydroxylation sites is 2. The van der Waals surface area contributed by atoms with E-state index >= 15 is 0 Å². The average Bonchev–Trinajstić information content (AvgIpc) is 3.63. The van der Waals surface area contributed by atoms with E-state index in [1.807, 2.05) is 24.3 Å². The van der Waals surface area contributed by atoms with Crippen LogP contribution in [0.2, 0.25) is 0 Å². The molecule has 2 nitrogen and oxygen atoms in total. The summed E-state index contributed by atoms with van der Waals surface area (Å²) in [6.45, 7) is 17.4. The third kappa shape index (κ3) is 6.63. The molecule has 13 aromatic rings. The summed E-state index contributed by atoms with van der Waals surface area (Å²) in [6.07, 6.45) is 16.9. The van der Waals surface area contributed by atoms with Gasteiger partial charge in [0, 0.05) is 34.1 Å². The van der Waals surface area contributed by atoms with E-state index in [0.717, 1.165) is 17.1 Å². The van der Waals surface area contributed by atoms with Crippen molar-refractivity contribution in [3.05, 3.63) is 278 Å². The number of hydrogen-bond donors (Lipinski definition) is 0. The fraction of sp³-hybridized carbons (Fsp3) is 0.0789.